The number of Topliss-reactive ketones (excluding diaryl/α,β-unsaturated/α-hetero) is 1. The van der Waals surface area contributed by atoms with Gasteiger partial charge in [0.15, 0.2) is 12.1 Å². The molecule has 1 aromatic rings. The second-order valence-electron chi connectivity index (χ2n) is 11.9. The molecule has 4 aliphatic rings. The molecule has 1 amide bonds. The average molecular weight is 554 g/mol. The standard InChI is InChI=1S/C30H39N3O7/c1-32(2)26(28(37)25(29(31)38)30(39)40)18-11-17-12-20-19(16-7-9-33(10-8-16)14-15-3-4-15)5-6-21(34)24(20)27(36)23(17)22(35)13-18/h5-7,15,17-18,26,30,34,36-37,39-40H,3-4,8-14H2,1-2H3,(H2,31,38)/b28-25+/t17?,18-,26+/m1/s1. The molecule has 0 spiro atoms. The summed E-state index contributed by atoms with van der Waals surface area (Å²) in [6, 6.07) is 2.58. The van der Waals surface area contributed by atoms with Crippen molar-refractivity contribution in [3.8, 4) is 5.75 Å². The SMILES string of the molecule is CN(C)[C@H](/C(O)=C(/C(N)=O)C(O)O)[C@H]1CC(=O)C2=C(O)c3c(O)ccc(C4=CCN(CC5CC5)CC4)c3CC2C1. The third kappa shape index (κ3) is 5.28. The number of benzene rings is 1. The Hall–Kier alpha value is -3.18. The third-order valence-electron chi connectivity index (χ3n) is 8.91. The van der Waals surface area contributed by atoms with Crippen LogP contribution in [-0.4, -0.2) is 93.1 Å². The lowest BCUT2D eigenvalue weighted by molar-refractivity contribution is -0.119. The van der Waals surface area contributed by atoms with E-state index in [1.165, 1.54) is 12.8 Å². The predicted molar refractivity (Wildman–Crippen MR) is 149 cm³/mol. The Morgan fingerprint density at radius 1 is 1.18 bits per heavy atom. The number of carbonyl (C=O) groups excluding carboxylic acids is 2. The summed E-state index contributed by atoms with van der Waals surface area (Å²) in [6.45, 7) is 2.92. The number of rotatable bonds is 8. The van der Waals surface area contributed by atoms with E-state index in [4.69, 9.17) is 5.73 Å². The summed E-state index contributed by atoms with van der Waals surface area (Å²) in [5.74, 6) is -2.41. The summed E-state index contributed by atoms with van der Waals surface area (Å²) in [5.41, 5.74) is 8.10. The number of hydrogen-bond acceptors (Lipinski definition) is 9. The smallest absolute Gasteiger partial charge is 0.253 e. The van der Waals surface area contributed by atoms with Crippen LogP contribution in [0.2, 0.25) is 0 Å². The van der Waals surface area contributed by atoms with Gasteiger partial charge in [-0.3, -0.25) is 19.4 Å². The maximum absolute atomic E-state index is 13.5. The van der Waals surface area contributed by atoms with Crippen LogP contribution in [0.25, 0.3) is 11.3 Å². The molecule has 3 atom stereocenters. The quantitative estimate of drug-likeness (QED) is 0.160. The molecular weight excluding hydrogens is 514 g/mol. The van der Waals surface area contributed by atoms with Gasteiger partial charge in [0, 0.05) is 31.6 Å². The number of amides is 1. The van der Waals surface area contributed by atoms with Crippen LogP contribution < -0.4 is 5.73 Å². The minimum atomic E-state index is -2.27. The molecule has 5 rings (SSSR count). The molecule has 1 aromatic carbocycles. The van der Waals surface area contributed by atoms with Crippen LogP contribution in [0, 0.1) is 17.8 Å². The maximum Gasteiger partial charge on any atom is 0.253 e. The lowest BCUT2D eigenvalue weighted by atomic mass is 9.67. The van der Waals surface area contributed by atoms with Gasteiger partial charge in [-0.2, -0.15) is 0 Å². The summed E-state index contributed by atoms with van der Waals surface area (Å²) < 4.78 is 0. The van der Waals surface area contributed by atoms with E-state index in [2.05, 4.69) is 11.0 Å². The molecular formula is C30H39N3O7. The van der Waals surface area contributed by atoms with E-state index in [1.807, 2.05) is 6.07 Å². The number of aromatic hydroxyl groups is 1. The predicted octanol–water partition coefficient (Wildman–Crippen LogP) is 1.85. The minimum Gasteiger partial charge on any atom is -0.510 e. The fraction of sp³-hybridized carbons (Fsp3) is 0.533. The number of phenolic OH excluding ortho intramolecular Hbond substituents is 1. The van der Waals surface area contributed by atoms with Gasteiger partial charge in [-0.15, -0.1) is 0 Å². The molecule has 0 aromatic heterocycles. The van der Waals surface area contributed by atoms with Gasteiger partial charge < -0.3 is 31.3 Å². The minimum absolute atomic E-state index is 0.0475. The lowest BCUT2D eigenvalue weighted by Gasteiger charge is -2.40. The van der Waals surface area contributed by atoms with Crippen molar-refractivity contribution in [1.82, 2.24) is 9.80 Å². The van der Waals surface area contributed by atoms with Crippen LogP contribution in [0.15, 0.2) is 35.1 Å². The fourth-order valence-electron chi connectivity index (χ4n) is 6.91. The van der Waals surface area contributed by atoms with Crippen molar-refractivity contribution in [3.63, 3.8) is 0 Å². The number of aliphatic hydroxyl groups is 4. The number of nitrogens with zero attached hydrogens (tertiary/aromatic N) is 2. The lowest BCUT2D eigenvalue weighted by Crippen LogP contribution is -2.44. The zero-order chi connectivity index (χ0) is 28.9. The number of aliphatic hydroxyl groups excluding tert-OH is 3. The van der Waals surface area contributed by atoms with Crippen LogP contribution in [-0.2, 0) is 16.0 Å². The molecule has 2 fully saturated rings. The zero-order valence-electron chi connectivity index (χ0n) is 23.0. The number of primary amides is 1. The van der Waals surface area contributed by atoms with Gasteiger partial charge >= 0.3 is 0 Å². The van der Waals surface area contributed by atoms with Crippen LogP contribution in [0.3, 0.4) is 0 Å². The van der Waals surface area contributed by atoms with E-state index in [9.17, 15) is 35.1 Å². The topological polar surface area (TPSA) is 168 Å². The first-order chi connectivity index (χ1) is 19.0. The van der Waals surface area contributed by atoms with Crippen molar-refractivity contribution in [1.29, 1.82) is 0 Å². The number of ketones is 1. The largest absolute Gasteiger partial charge is 0.510 e. The second-order valence-corrected chi connectivity index (χ2v) is 11.9. The highest BCUT2D eigenvalue weighted by atomic mass is 16.5. The Labute approximate surface area is 233 Å². The molecule has 10 heteroatoms. The molecule has 1 unspecified atom stereocenters. The highest BCUT2D eigenvalue weighted by Gasteiger charge is 2.44. The van der Waals surface area contributed by atoms with E-state index in [-0.39, 0.29) is 35.2 Å². The number of likely N-dealkylation sites (N-methyl/N-ethyl adjacent to an activating group) is 1. The van der Waals surface area contributed by atoms with E-state index >= 15 is 0 Å². The number of hydrogen-bond donors (Lipinski definition) is 6. The number of phenols is 1. The van der Waals surface area contributed by atoms with Gasteiger partial charge in [-0.1, -0.05) is 12.1 Å². The van der Waals surface area contributed by atoms with E-state index in [0.717, 1.165) is 48.7 Å². The van der Waals surface area contributed by atoms with Crippen molar-refractivity contribution in [2.45, 2.75) is 50.9 Å². The van der Waals surface area contributed by atoms with Crippen molar-refractivity contribution in [3.05, 3.63) is 51.8 Å². The highest BCUT2D eigenvalue weighted by molar-refractivity contribution is 6.04. The average Bonchev–Trinajstić information content (AvgIpc) is 3.68. The molecule has 0 radical (unpaired) electrons. The normalized spacial score (nSPS) is 24.9. The number of nitrogens with two attached hydrogens (primary N) is 1. The molecule has 10 nitrogen and oxygen atoms in total. The highest BCUT2D eigenvalue weighted by Crippen LogP contribution is 2.48. The van der Waals surface area contributed by atoms with Gasteiger partial charge in [0.1, 0.15) is 22.8 Å². The van der Waals surface area contributed by atoms with Gasteiger partial charge in [-0.05, 0) is 86.7 Å². The molecule has 216 valence electrons. The summed E-state index contributed by atoms with van der Waals surface area (Å²) in [5, 5.41) is 52.4. The van der Waals surface area contributed by atoms with Crippen LogP contribution in [0.4, 0.5) is 0 Å². The molecule has 1 aliphatic heterocycles. The Balaban J connectivity index is 1.48. The van der Waals surface area contributed by atoms with E-state index in [0.29, 0.717) is 18.4 Å². The van der Waals surface area contributed by atoms with Crippen LogP contribution in [0.1, 0.15) is 48.8 Å². The van der Waals surface area contributed by atoms with Crippen LogP contribution in [0.5, 0.6) is 5.75 Å². The molecule has 0 saturated heterocycles. The van der Waals surface area contributed by atoms with Gasteiger partial charge in [0.05, 0.1) is 11.6 Å². The third-order valence-corrected chi connectivity index (χ3v) is 8.91. The molecule has 7 N–H and O–H groups in total. The Kier molecular flexibility index (Phi) is 7.80. The van der Waals surface area contributed by atoms with Crippen molar-refractivity contribution < 1.29 is 35.1 Å². The summed E-state index contributed by atoms with van der Waals surface area (Å²) in [7, 11) is 3.32. The molecule has 0 bridgehead atoms. The van der Waals surface area contributed by atoms with Gasteiger partial charge in [0.25, 0.3) is 5.91 Å². The van der Waals surface area contributed by atoms with Crippen molar-refractivity contribution >= 4 is 23.0 Å². The summed E-state index contributed by atoms with van der Waals surface area (Å²) >= 11 is 0. The second kappa shape index (κ2) is 11.0. The summed E-state index contributed by atoms with van der Waals surface area (Å²) in [6.07, 6.45) is 4.17. The van der Waals surface area contributed by atoms with Crippen molar-refractivity contribution in [2.24, 2.45) is 23.5 Å². The Morgan fingerprint density at radius 3 is 2.48 bits per heavy atom. The monoisotopic (exact) mass is 553 g/mol. The van der Waals surface area contributed by atoms with Crippen molar-refractivity contribution in [2.75, 3.05) is 33.7 Å². The first-order valence-corrected chi connectivity index (χ1v) is 14.0. The zero-order valence-corrected chi connectivity index (χ0v) is 23.0. The Bertz CT molecular complexity index is 1310. The molecule has 3 aliphatic carbocycles. The van der Waals surface area contributed by atoms with E-state index < -0.39 is 35.5 Å². The fourth-order valence-corrected chi connectivity index (χ4v) is 6.91. The molecule has 1 heterocycles. The first kappa shape index (κ1) is 28.4. The Morgan fingerprint density at radius 2 is 1.90 bits per heavy atom. The number of fused-ring (bicyclic) bond motifs is 2. The number of allylic oxidation sites excluding steroid dienone is 1. The molecule has 40 heavy (non-hydrogen) atoms. The van der Waals surface area contributed by atoms with Gasteiger partial charge in [-0.25, -0.2) is 0 Å². The number of carbonyl (C=O) groups is 2. The van der Waals surface area contributed by atoms with E-state index in [1.54, 1.807) is 25.1 Å². The summed E-state index contributed by atoms with van der Waals surface area (Å²) in [4.78, 5) is 29.4. The maximum atomic E-state index is 13.5. The first-order valence-electron chi connectivity index (χ1n) is 14.0. The van der Waals surface area contributed by atoms with Crippen LogP contribution >= 0.6 is 0 Å². The van der Waals surface area contributed by atoms with Gasteiger partial charge in [0.2, 0.25) is 0 Å². The molecule has 2 saturated carbocycles.